The number of phenols is 2. The highest BCUT2D eigenvalue weighted by Gasteiger charge is 2.38. The number of carbonyl (C=O) groups is 4. The fourth-order valence-electron chi connectivity index (χ4n) is 4.97. The van der Waals surface area contributed by atoms with Gasteiger partial charge in [0, 0.05) is 37.6 Å². The van der Waals surface area contributed by atoms with E-state index in [-0.39, 0.29) is 60.2 Å². The number of ketones is 2. The third kappa shape index (κ3) is 8.44. The Kier molecular flexibility index (Phi) is 12.9. The molecule has 0 aromatic heterocycles. The van der Waals surface area contributed by atoms with Crippen molar-refractivity contribution < 1.29 is 29.4 Å². The molecule has 44 heavy (non-hydrogen) atoms. The van der Waals surface area contributed by atoms with Crippen LogP contribution >= 0.6 is 0 Å². The fraction of sp³-hybridized carbons (Fsp3) is 0.467. The summed E-state index contributed by atoms with van der Waals surface area (Å²) in [4.78, 5) is 52.0. The maximum Gasteiger partial charge on any atom is 0.236 e. The lowest BCUT2D eigenvalue weighted by atomic mass is 9.81. The van der Waals surface area contributed by atoms with Crippen LogP contribution in [0.1, 0.15) is 70.4 Å². The molecule has 1 aliphatic carbocycles. The Hall–Kier alpha value is -4.24. The fourth-order valence-corrected chi connectivity index (χ4v) is 4.97. The first-order valence-corrected chi connectivity index (χ1v) is 14.9. The summed E-state index contributed by atoms with van der Waals surface area (Å²) in [5, 5.41) is 32.6. The van der Waals surface area contributed by atoms with Gasteiger partial charge in [-0.3, -0.25) is 19.2 Å². The monoisotopic (exact) mass is 612 g/mol. The number of aromatic hydroxyl groups is 2. The topological polar surface area (TPSA) is 261 Å². The van der Waals surface area contributed by atoms with E-state index < -0.39 is 35.1 Å². The minimum absolute atomic E-state index is 0.00386. The molecule has 0 radical (unpaired) electrons. The number of unbranched alkanes of at least 4 members (excludes halogenated alkanes) is 2. The van der Waals surface area contributed by atoms with Crippen molar-refractivity contribution in [3.63, 3.8) is 0 Å². The highest BCUT2D eigenvalue weighted by Crippen LogP contribution is 2.42. The lowest BCUT2D eigenvalue weighted by molar-refractivity contribution is -0.123. The second-order valence-corrected chi connectivity index (χ2v) is 10.6. The summed E-state index contributed by atoms with van der Waals surface area (Å²) in [5.74, 6) is -2.81. The highest BCUT2D eigenvalue weighted by atomic mass is 16.3. The first-order valence-electron chi connectivity index (χ1n) is 14.9. The number of nitrogens with one attached hydrogen (secondary N) is 4. The molecule has 0 spiro atoms. The van der Waals surface area contributed by atoms with Gasteiger partial charge >= 0.3 is 0 Å². The minimum atomic E-state index is -0.664. The minimum Gasteiger partial charge on any atom is -0.507 e. The van der Waals surface area contributed by atoms with Crippen LogP contribution in [-0.4, -0.2) is 84.9 Å². The van der Waals surface area contributed by atoms with E-state index in [1.807, 2.05) is 0 Å². The summed E-state index contributed by atoms with van der Waals surface area (Å²) < 4.78 is 0. The average molecular weight is 613 g/mol. The third-order valence-electron chi connectivity index (χ3n) is 7.37. The van der Waals surface area contributed by atoms with E-state index >= 15 is 0 Å². The average Bonchev–Trinajstić information content (AvgIpc) is 3.01. The number of hydrogen-bond donors (Lipinski definition) is 10. The van der Waals surface area contributed by atoms with E-state index in [4.69, 9.17) is 22.9 Å². The zero-order valence-electron chi connectivity index (χ0n) is 24.8. The Bertz CT molecular complexity index is 1250. The van der Waals surface area contributed by atoms with Gasteiger partial charge in [0.05, 0.1) is 34.3 Å². The maximum atomic E-state index is 13.7. The van der Waals surface area contributed by atoms with E-state index in [1.54, 1.807) is 12.1 Å². The summed E-state index contributed by atoms with van der Waals surface area (Å²) in [6.07, 6.45) is 4.06. The lowest BCUT2D eigenvalue weighted by Gasteiger charge is -2.25. The molecule has 2 atom stereocenters. The molecule has 2 aromatic rings. The van der Waals surface area contributed by atoms with Crippen molar-refractivity contribution in [2.24, 2.45) is 22.9 Å². The number of rotatable bonds is 18. The zero-order valence-corrected chi connectivity index (χ0v) is 24.8. The molecule has 3 rings (SSSR count). The predicted molar refractivity (Wildman–Crippen MR) is 168 cm³/mol. The number of carbonyl (C=O) groups excluding carboxylic acids is 4. The van der Waals surface area contributed by atoms with Crippen LogP contribution in [0.2, 0.25) is 0 Å². The van der Waals surface area contributed by atoms with Gasteiger partial charge in [-0.05, 0) is 63.0 Å². The Labute approximate surface area is 256 Å². The van der Waals surface area contributed by atoms with Gasteiger partial charge < -0.3 is 54.4 Å². The van der Waals surface area contributed by atoms with Crippen molar-refractivity contribution in [1.29, 1.82) is 0 Å². The number of anilines is 2. The molecule has 14 nitrogen and oxygen atoms in total. The molecule has 0 aliphatic heterocycles. The first-order chi connectivity index (χ1) is 21.1. The first kappa shape index (κ1) is 34.3. The largest absolute Gasteiger partial charge is 0.507 e. The molecular formula is C30H44N8O6. The summed E-state index contributed by atoms with van der Waals surface area (Å²) >= 11 is 0. The van der Waals surface area contributed by atoms with E-state index in [9.17, 15) is 29.4 Å². The predicted octanol–water partition coefficient (Wildman–Crippen LogP) is -0.158. The molecule has 2 amide bonds. The third-order valence-corrected chi connectivity index (χ3v) is 7.37. The second-order valence-electron chi connectivity index (χ2n) is 10.6. The molecule has 14 heteroatoms. The summed E-state index contributed by atoms with van der Waals surface area (Å²) in [6.45, 7) is 1.85. The number of fused-ring (bicyclic) bond motifs is 2. The smallest absolute Gasteiger partial charge is 0.236 e. The van der Waals surface area contributed by atoms with Gasteiger partial charge in [-0.2, -0.15) is 0 Å². The van der Waals surface area contributed by atoms with Gasteiger partial charge in [0.15, 0.2) is 0 Å². The summed E-state index contributed by atoms with van der Waals surface area (Å²) in [7, 11) is 0. The molecule has 0 unspecified atom stereocenters. The molecule has 14 N–H and O–H groups in total. The van der Waals surface area contributed by atoms with Crippen LogP contribution in [0.15, 0.2) is 24.3 Å². The van der Waals surface area contributed by atoms with Crippen LogP contribution in [-0.2, 0) is 9.59 Å². The van der Waals surface area contributed by atoms with Crippen LogP contribution in [0.5, 0.6) is 11.5 Å². The normalized spacial score (nSPS) is 13.5. The van der Waals surface area contributed by atoms with Crippen molar-refractivity contribution in [3.05, 3.63) is 46.5 Å². The van der Waals surface area contributed by atoms with E-state index in [2.05, 4.69) is 21.3 Å². The number of hydrogen-bond acceptors (Lipinski definition) is 12. The quantitative estimate of drug-likeness (QED) is 0.0664. The van der Waals surface area contributed by atoms with Crippen LogP contribution in [0.25, 0.3) is 0 Å². The van der Waals surface area contributed by atoms with Crippen LogP contribution in [0.3, 0.4) is 0 Å². The van der Waals surface area contributed by atoms with Gasteiger partial charge in [-0.25, -0.2) is 0 Å². The van der Waals surface area contributed by atoms with E-state index in [1.165, 1.54) is 0 Å². The Morgan fingerprint density at radius 3 is 1.36 bits per heavy atom. The van der Waals surface area contributed by atoms with Gasteiger partial charge in [-0.15, -0.1) is 0 Å². The molecule has 0 heterocycles. The van der Waals surface area contributed by atoms with E-state index in [0.717, 1.165) is 37.8 Å². The molecular weight excluding hydrogens is 568 g/mol. The van der Waals surface area contributed by atoms with E-state index in [0.29, 0.717) is 37.3 Å². The van der Waals surface area contributed by atoms with Gasteiger partial charge in [-0.1, -0.05) is 12.8 Å². The molecule has 0 bridgehead atoms. The molecule has 0 fully saturated rings. The second kappa shape index (κ2) is 16.6. The van der Waals surface area contributed by atoms with Crippen molar-refractivity contribution >= 4 is 34.8 Å². The number of nitrogens with two attached hydrogens (primary N) is 4. The summed E-state index contributed by atoms with van der Waals surface area (Å²) in [6, 6.07) is 4.17. The summed E-state index contributed by atoms with van der Waals surface area (Å²) in [5.41, 5.74) is 22.8. The number of phenolic OH excluding ortho intramolecular Hbond substituents is 2. The maximum absolute atomic E-state index is 13.7. The zero-order chi connectivity index (χ0) is 32.2. The SMILES string of the molecule is NCCCC[C@H](N)C(=O)NCCNc1ccc(NCCNC(=O)[C@@H](N)CCCCN)c2c1C(=O)c1c(O)ccc(O)c1C2=O. The Morgan fingerprint density at radius 1 is 0.614 bits per heavy atom. The number of amides is 2. The van der Waals surface area contributed by atoms with Crippen molar-refractivity contribution in [3.8, 4) is 11.5 Å². The van der Waals surface area contributed by atoms with Crippen molar-refractivity contribution in [1.82, 2.24) is 10.6 Å². The van der Waals surface area contributed by atoms with Gasteiger partial charge in [0.2, 0.25) is 23.4 Å². The number of benzene rings is 2. The Morgan fingerprint density at radius 2 is 1.00 bits per heavy atom. The Balaban J connectivity index is 1.75. The molecule has 2 aromatic carbocycles. The van der Waals surface area contributed by atoms with Crippen molar-refractivity contribution in [2.45, 2.75) is 50.6 Å². The molecule has 240 valence electrons. The standard InChI is InChI=1S/C30H44N8O6/c31-11-3-1-5-17(33)29(43)37-15-13-35-19-7-8-20(36-14-16-38-30(44)18(34)6-2-4-12-32)24-23(19)27(41)25-21(39)9-10-22(40)26(25)28(24)42/h7-10,17-18,35-36,39-40H,1-6,11-16,31-34H2,(H,37,43)(H,38,44)/t17-,18-/m0/s1. The molecule has 0 saturated carbocycles. The van der Waals surface area contributed by atoms with Crippen molar-refractivity contribution in [2.75, 3.05) is 49.9 Å². The van der Waals surface area contributed by atoms with Crippen LogP contribution in [0, 0.1) is 0 Å². The lowest BCUT2D eigenvalue weighted by Crippen LogP contribution is -2.42. The molecule has 1 aliphatic rings. The van der Waals surface area contributed by atoms with Gasteiger partial charge in [0.1, 0.15) is 11.5 Å². The van der Waals surface area contributed by atoms with Crippen LogP contribution in [0.4, 0.5) is 11.4 Å². The molecule has 0 saturated heterocycles. The highest BCUT2D eigenvalue weighted by molar-refractivity contribution is 6.33. The van der Waals surface area contributed by atoms with Gasteiger partial charge in [0.25, 0.3) is 0 Å². The van der Waals surface area contributed by atoms with Crippen LogP contribution < -0.4 is 44.2 Å².